The van der Waals surface area contributed by atoms with Crippen molar-refractivity contribution in [2.45, 2.75) is 6.42 Å². The number of methoxy groups -OCH3 is 1. The van der Waals surface area contributed by atoms with Gasteiger partial charge in [-0.3, -0.25) is 0 Å². The lowest BCUT2D eigenvalue weighted by Gasteiger charge is -2.14. The van der Waals surface area contributed by atoms with Gasteiger partial charge in [0.25, 0.3) is 0 Å². The van der Waals surface area contributed by atoms with E-state index in [1.54, 1.807) is 7.11 Å². The average Bonchev–Trinajstić information content (AvgIpc) is 2.65. The SMILES string of the molecule is COc1ccc(NC(=S)Nc2ccccc2Cc2ccccc2)cc1. The van der Waals surface area contributed by atoms with E-state index in [9.17, 15) is 0 Å². The van der Waals surface area contributed by atoms with Crippen molar-refractivity contribution in [3.8, 4) is 5.75 Å². The van der Waals surface area contributed by atoms with Crippen molar-refractivity contribution in [2.24, 2.45) is 0 Å². The van der Waals surface area contributed by atoms with Crippen molar-refractivity contribution in [1.29, 1.82) is 0 Å². The van der Waals surface area contributed by atoms with Gasteiger partial charge in [0.1, 0.15) is 5.75 Å². The molecule has 3 nitrogen and oxygen atoms in total. The minimum Gasteiger partial charge on any atom is -0.497 e. The summed E-state index contributed by atoms with van der Waals surface area (Å²) in [5.74, 6) is 0.817. The molecule has 0 spiro atoms. The summed E-state index contributed by atoms with van der Waals surface area (Å²) in [6, 6.07) is 26.3. The minimum absolute atomic E-state index is 0.561. The maximum atomic E-state index is 5.45. The van der Waals surface area contributed by atoms with Gasteiger partial charge in [-0.15, -0.1) is 0 Å². The summed E-state index contributed by atoms with van der Waals surface area (Å²) in [6.45, 7) is 0. The van der Waals surface area contributed by atoms with Crippen molar-refractivity contribution < 1.29 is 4.74 Å². The lowest BCUT2D eigenvalue weighted by Crippen LogP contribution is -2.19. The number of nitrogens with one attached hydrogen (secondary N) is 2. The first-order chi connectivity index (χ1) is 12.2. The number of rotatable bonds is 5. The van der Waals surface area contributed by atoms with E-state index in [1.165, 1.54) is 11.1 Å². The van der Waals surface area contributed by atoms with E-state index in [-0.39, 0.29) is 0 Å². The third-order valence-electron chi connectivity index (χ3n) is 3.85. The number of hydrogen-bond acceptors (Lipinski definition) is 2. The van der Waals surface area contributed by atoms with Crippen LogP contribution >= 0.6 is 12.2 Å². The summed E-state index contributed by atoms with van der Waals surface area (Å²) >= 11 is 5.45. The van der Waals surface area contributed by atoms with Gasteiger partial charge < -0.3 is 15.4 Å². The molecule has 0 saturated heterocycles. The fourth-order valence-corrected chi connectivity index (χ4v) is 2.80. The van der Waals surface area contributed by atoms with Crippen molar-refractivity contribution in [3.05, 3.63) is 90.0 Å². The molecule has 0 heterocycles. The fourth-order valence-electron chi connectivity index (χ4n) is 2.57. The van der Waals surface area contributed by atoms with Crippen LogP contribution in [0.15, 0.2) is 78.9 Å². The van der Waals surface area contributed by atoms with Crippen LogP contribution in [0.2, 0.25) is 0 Å². The molecule has 0 fully saturated rings. The molecule has 126 valence electrons. The highest BCUT2D eigenvalue weighted by molar-refractivity contribution is 7.80. The van der Waals surface area contributed by atoms with Crippen LogP contribution in [0.5, 0.6) is 5.75 Å². The highest BCUT2D eigenvalue weighted by Crippen LogP contribution is 2.20. The van der Waals surface area contributed by atoms with Gasteiger partial charge >= 0.3 is 0 Å². The van der Waals surface area contributed by atoms with E-state index in [0.29, 0.717) is 5.11 Å². The minimum atomic E-state index is 0.561. The number of ether oxygens (including phenoxy) is 1. The summed E-state index contributed by atoms with van der Waals surface area (Å²) in [4.78, 5) is 0. The largest absolute Gasteiger partial charge is 0.497 e. The van der Waals surface area contributed by atoms with Crippen LogP contribution in [-0.4, -0.2) is 12.2 Å². The molecule has 0 unspecified atom stereocenters. The number of thiocarbonyl (C=S) groups is 1. The molecule has 0 radical (unpaired) electrons. The molecular formula is C21H20N2OS. The first kappa shape index (κ1) is 17.0. The van der Waals surface area contributed by atoms with Gasteiger partial charge in [-0.25, -0.2) is 0 Å². The van der Waals surface area contributed by atoms with Crippen LogP contribution in [-0.2, 0) is 6.42 Å². The third-order valence-corrected chi connectivity index (χ3v) is 4.05. The van der Waals surface area contributed by atoms with Gasteiger partial charge in [-0.05, 0) is 60.1 Å². The molecule has 3 rings (SSSR count). The molecule has 0 aliphatic heterocycles. The number of benzene rings is 3. The Kier molecular flexibility index (Phi) is 5.65. The van der Waals surface area contributed by atoms with Crippen molar-refractivity contribution in [2.75, 3.05) is 17.7 Å². The molecule has 0 aliphatic carbocycles. The Labute approximate surface area is 153 Å². The molecule has 0 aromatic heterocycles. The van der Waals surface area contributed by atoms with Gasteiger partial charge in [-0.2, -0.15) is 0 Å². The Morgan fingerprint density at radius 2 is 1.52 bits per heavy atom. The Morgan fingerprint density at radius 1 is 0.840 bits per heavy atom. The molecule has 0 bridgehead atoms. The van der Waals surface area contributed by atoms with E-state index in [1.807, 2.05) is 48.5 Å². The second-order valence-corrected chi connectivity index (χ2v) is 6.04. The molecule has 0 amide bonds. The zero-order valence-corrected chi connectivity index (χ0v) is 14.8. The fraction of sp³-hybridized carbons (Fsp3) is 0.0952. The highest BCUT2D eigenvalue weighted by atomic mass is 32.1. The normalized spacial score (nSPS) is 10.1. The molecule has 0 atom stereocenters. The third kappa shape index (κ3) is 4.81. The topological polar surface area (TPSA) is 33.3 Å². The van der Waals surface area contributed by atoms with Crippen LogP contribution in [0.1, 0.15) is 11.1 Å². The van der Waals surface area contributed by atoms with Crippen molar-refractivity contribution >= 4 is 28.7 Å². The Balaban J connectivity index is 1.68. The predicted octanol–water partition coefficient (Wildman–Crippen LogP) is 5.09. The molecule has 4 heteroatoms. The Morgan fingerprint density at radius 3 is 2.24 bits per heavy atom. The zero-order chi connectivity index (χ0) is 17.5. The first-order valence-corrected chi connectivity index (χ1v) is 8.49. The van der Waals surface area contributed by atoms with E-state index in [2.05, 4.69) is 41.0 Å². The Bertz CT molecular complexity index is 832. The highest BCUT2D eigenvalue weighted by Gasteiger charge is 2.05. The lowest BCUT2D eigenvalue weighted by atomic mass is 10.0. The lowest BCUT2D eigenvalue weighted by molar-refractivity contribution is 0.415. The molecule has 3 aromatic carbocycles. The molecule has 0 aliphatic rings. The van der Waals surface area contributed by atoms with Crippen molar-refractivity contribution in [3.63, 3.8) is 0 Å². The van der Waals surface area contributed by atoms with Gasteiger partial charge in [0.05, 0.1) is 7.11 Å². The monoisotopic (exact) mass is 348 g/mol. The standard InChI is InChI=1S/C21H20N2OS/c1-24-19-13-11-18(12-14-19)22-21(25)23-20-10-6-5-9-17(20)15-16-7-3-2-4-8-16/h2-14H,15H2,1H3,(H2,22,23,25). The molecule has 0 saturated carbocycles. The zero-order valence-electron chi connectivity index (χ0n) is 14.0. The second-order valence-electron chi connectivity index (χ2n) is 5.63. The van der Waals surface area contributed by atoms with Gasteiger partial charge in [-0.1, -0.05) is 48.5 Å². The van der Waals surface area contributed by atoms with Crippen LogP contribution in [0, 0.1) is 0 Å². The Hall–Kier alpha value is -2.85. The van der Waals surface area contributed by atoms with E-state index < -0.39 is 0 Å². The summed E-state index contributed by atoms with van der Waals surface area (Å²) in [5.41, 5.74) is 4.40. The van der Waals surface area contributed by atoms with Gasteiger partial charge in [0.15, 0.2) is 5.11 Å². The second kappa shape index (κ2) is 8.31. The first-order valence-electron chi connectivity index (χ1n) is 8.08. The van der Waals surface area contributed by atoms with Crippen LogP contribution < -0.4 is 15.4 Å². The van der Waals surface area contributed by atoms with Crippen LogP contribution in [0.3, 0.4) is 0 Å². The van der Waals surface area contributed by atoms with Gasteiger partial charge in [0, 0.05) is 11.4 Å². The smallest absolute Gasteiger partial charge is 0.175 e. The molecule has 3 aromatic rings. The van der Waals surface area contributed by atoms with E-state index in [0.717, 1.165) is 23.5 Å². The predicted molar refractivity (Wildman–Crippen MR) is 109 cm³/mol. The van der Waals surface area contributed by atoms with E-state index >= 15 is 0 Å². The van der Waals surface area contributed by atoms with Crippen LogP contribution in [0.4, 0.5) is 11.4 Å². The maximum absolute atomic E-state index is 5.45. The van der Waals surface area contributed by atoms with Crippen molar-refractivity contribution in [1.82, 2.24) is 0 Å². The molecule has 2 N–H and O–H groups in total. The maximum Gasteiger partial charge on any atom is 0.175 e. The number of anilines is 2. The van der Waals surface area contributed by atoms with Gasteiger partial charge in [0.2, 0.25) is 0 Å². The number of hydrogen-bond donors (Lipinski definition) is 2. The average molecular weight is 348 g/mol. The molecule has 25 heavy (non-hydrogen) atoms. The van der Waals surface area contributed by atoms with Crippen LogP contribution in [0.25, 0.3) is 0 Å². The van der Waals surface area contributed by atoms with E-state index in [4.69, 9.17) is 17.0 Å². The quantitative estimate of drug-likeness (QED) is 0.629. The number of para-hydroxylation sites is 1. The summed E-state index contributed by atoms with van der Waals surface area (Å²) < 4.78 is 5.17. The summed E-state index contributed by atoms with van der Waals surface area (Å²) in [6.07, 6.45) is 0.856. The summed E-state index contributed by atoms with van der Waals surface area (Å²) in [7, 11) is 1.65. The summed E-state index contributed by atoms with van der Waals surface area (Å²) in [5, 5.41) is 7.06. The molecular weight excluding hydrogens is 328 g/mol.